The summed E-state index contributed by atoms with van der Waals surface area (Å²) in [7, 11) is 1.29. The number of amides is 1. The van der Waals surface area contributed by atoms with Crippen molar-refractivity contribution in [1.82, 2.24) is 5.32 Å². The molecule has 3 unspecified atom stereocenters. The summed E-state index contributed by atoms with van der Waals surface area (Å²) in [4.78, 5) is 23.9. The summed E-state index contributed by atoms with van der Waals surface area (Å²) in [5, 5.41) is 2.66. The first-order valence-electron chi connectivity index (χ1n) is 6.70. The molecule has 110 valence electrons. The van der Waals surface area contributed by atoms with Crippen LogP contribution in [0.2, 0.25) is 0 Å². The minimum absolute atomic E-state index is 0.0454. The Hall–Kier alpha value is -1.88. The van der Waals surface area contributed by atoms with Crippen LogP contribution >= 0.6 is 0 Å². The zero-order valence-corrected chi connectivity index (χ0v) is 12.1. The van der Waals surface area contributed by atoms with Crippen LogP contribution < -0.4 is 11.1 Å². The molecule has 0 bridgehead atoms. The number of nitrogens with two attached hydrogens (primary N) is 1. The van der Waals surface area contributed by atoms with Crippen molar-refractivity contribution in [3.8, 4) is 0 Å². The first kappa shape index (κ1) is 16.2. The van der Waals surface area contributed by atoms with Gasteiger partial charge in [-0.15, -0.1) is 0 Å². The lowest BCUT2D eigenvalue weighted by atomic mass is 9.98. The number of ether oxygens (including phenoxy) is 1. The van der Waals surface area contributed by atoms with Gasteiger partial charge in [0.15, 0.2) is 6.04 Å². The van der Waals surface area contributed by atoms with Crippen LogP contribution in [0.4, 0.5) is 0 Å². The largest absolute Gasteiger partial charge is 0.467 e. The van der Waals surface area contributed by atoms with Crippen LogP contribution in [0.3, 0.4) is 0 Å². The molecular weight excluding hydrogens is 256 g/mol. The van der Waals surface area contributed by atoms with Crippen molar-refractivity contribution in [1.29, 1.82) is 0 Å². The Labute approximate surface area is 119 Å². The molecule has 0 fully saturated rings. The normalized spacial score (nSPS) is 15.0. The maximum absolute atomic E-state index is 12.1. The van der Waals surface area contributed by atoms with Gasteiger partial charge in [-0.1, -0.05) is 50.6 Å². The lowest BCUT2D eigenvalue weighted by Crippen LogP contribution is -2.47. The van der Waals surface area contributed by atoms with Crippen LogP contribution in [0.1, 0.15) is 31.9 Å². The first-order chi connectivity index (χ1) is 9.51. The molecule has 3 N–H and O–H groups in total. The zero-order valence-electron chi connectivity index (χ0n) is 12.1. The Kier molecular flexibility index (Phi) is 6.18. The van der Waals surface area contributed by atoms with Crippen molar-refractivity contribution in [2.24, 2.45) is 11.7 Å². The highest BCUT2D eigenvalue weighted by molar-refractivity contribution is 5.88. The van der Waals surface area contributed by atoms with Gasteiger partial charge in [0, 0.05) is 0 Å². The number of esters is 1. The van der Waals surface area contributed by atoms with E-state index < -0.39 is 18.1 Å². The van der Waals surface area contributed by atoms with E-state index >= 15 is 0 Å². The smallest absolute Gasteiger partial charge is 0.333 e. The number of benzene rings is 1. The van der Waals surface area contributed by atoms with Crippen molar-refractivity contribution in [3.05, 3.63) is 35.9 Å². The molecule has 20 heavy (non-hydrogen) atoms. The Morgan fingerprint density at radius 3 is 2.40 bits per heavy atom. The molecule has 1 rings (SSSR count). The summed E-state index contributed by atoms with van der Waals surface area (Å²) < 4.78 is 4.74. The lowest BCUT2D eigenvalue weighted by molar-refractivity contribution is -0.145. The predicted octanol–water partition coefficient (Wildman–Crippen LogP) is 1.39. The lowest BCUT2D eigenvalue weighted by Gasteiger charge is -2.22. The Balaban J connectivity index is 2.87. The van der Waals surface area contributed by atoms with Crippen LogP contribution in [0.25, 0.3) is 0 Å². The maximum Gasteiger partial charge on any atom is 0.333 e. The quantitative estimate of drug-likeness (QED) is 0.770. The molecule has 5 nitrogen and oxygen atoms in total. The summed E-state index contributed by atoms with van der Waals surface area (Å²) in [6, 6.07) is 7.48. The summed E-state index contributed by atoms with van der Waals surface area (Å²) >= 11 is 0. The van der Waals surface area contributed by atoms with Gasteiger partial charge in [-0.3, -0.25) is 4.79 Å². The third kappa shape index (κ3) is 4.06. The summed E-state index contributed by atoms with van der Waals surface area (Å²) in [5.41, 5.74) is 6.55. The number of carbonyl (C=O) groups excluding carboxylic acids is 2. The van der Waals surface area contributed by atoms with Crippen molar-refractivity contribution >= 4 is 11.9 Å². The highest BCUT2D eigenvalue weighted by Gasteiger charge is 2.27. The molecule has 0 saturated carbocycles. The first-order valence-corrected chi connectivity index (χ1v) is 6.70. The van der Waals surface area contributed by atoms with Gasteiger partial charge in [0.2, 0.25) is 5.91 Å². The SMILES string of the molecule is CCC(C)C(N)C(=O)NC(C(=O)OC)c1ccccc1. The van der Waals surface area contributed by atoms with E-state index in [1.54, 1.807) is 24.3 Å². The van der Waals surface area contributed by atoms with Gasteiger partial charge in [0.05, 0.1) is 13.2 Å². The molecule has 0 saturated heterocycles. The average Bonchev–Trinajstić information content (AvgIpc) is 2.50. The topological polar surface area (TPSA) is 81.4 Å². The number of methoxy groups -OCH3 is 1. The second-order valence-corrected chi connectivity index (χ2v) is 4.79. The zero-order chi connectivity index (χ0) is 15.1. The summed E-state index contributed by atoms with van der Waals surface area (Å²) in [6.45, 7) is 3.87. The van der Waals surface area contributed by atoms with Gasteiger partial charge in [0.25, 0.3) is 0 Å². The van der Waals surface area contributed by atoms with Gasteiger partial charge in [-0.05, 0) is 11.5 Å². The fraction of sp³-hybridized carbons (Fsp3) is 0.467. The third-order valence-corrected chi connectivity index (χ3v) is 3.42. The molecule has 0 aliphatic rings. The maximum atomic E-state index is 12.1. The molecule has 0 aromatic heterocycles. The number of hydrogen-bond donors (Lipinski definition) is 2. The molecule has 0 spiro atoms. The van der Waals surface area contributed by atoms with E-state index in [1.165, 1.54) is 7.11 Å². The van der Waals surface area contributed by atoms with Crippen LogP contribution in [0, 0.1) is 5.92 Å². The van der Waals surface area contributed by atoms with E-state index in [9.17, 15) is 9.59 Å². The molecule has 1 aromatic rings. The number of rotatable bonds is 6. The summed E-state index contributed by atoms with van der Waals surface area (Å²) in [6.07, 6.45) is 0.794. The third-order valence-electron chi connectivity index (χ3n) is 3.42. The molecule has 1 aromatic carbocycles. The predicted molar refractivity (Wildman–Crippen MR) is 76.8 cm³/mol. The molecule has 0 heterocycles. The number of hydrogen-bond acceptors (Lipinski definition) is 4. The second-order valence-electron chi connectivity index (χ2n) is 4.79. The molecule has 0 aliphatic carbocycles. The van der Waals surface area contributed by atoms with E-state index in [4.69, 9.17) is 10.5 Å². The van der Waals surface area contributed by atoms with Crippen LogP contribution in [-0.4, -0.2) is 25.0 Å². The van der Waals surface area contributed by atoms with Crippen molar-refractivity contribution < 1.29 is 14.3 Å². The standard InChI is InChI=1S/C15H22N2O3/c1-4-10(2)12(16)14(18)17-13(15(19)20-3)11-8-6-5-7-9-11/h5-10,12-13H,4,16H2,1-3H3,(H,17,18). The highest BCUT2D eigenvalue weighted by Crippen LogP contribution is 2.15. The highest BCUT2D eigenvalue weighted by atomic mass is 16.5. The van der Waals surface area contributed by atoms with E-state index in [2.05, 4.69) is 5.32 Å². The molecule has 1 amide bonds. The minimum Gasteiger partial charge on any atom is -0.467 e. The Morgan fingerprint density at radius 1 is 1.30 bits per heavy atom. The van der Waals surface area contributed by atoms with E-state index in [0.717, 1.165) is 6.42 Å². The summed E-state index contributed by atoms with van der Waals surface area (Å²) in [5.74, 6) is -0.816. The van der Waals surface area contributed by atoms with Crippen LogP contribution in [-0.2, 0) is 14.3 Å². The average molecular weight is 278 g/mol. The van der Waals surface area contributed by atoms with Gasteiger partial charge in [-0.2, -0.15) is 0 Å². The Morgan fingerprint density at radius 2 is 1.90 bits per heavy atom. The second kappa shape index (κ2) is 7.65. The fourth-order valence-electron chi connectivity index (χ4n) is 1.79. The van der Waals surface area contributed by atoms with E-state index in [1.807, 2.05) is 19.9 Å². The van der Waals surface area contributed by atoms with Crippen LogP contribution in [0.5, 0.6) is 0 Å². The minimum atomic E-state index is -0.830. The van der Waals surface area contributed by atoms with Gasteiger partial charge in [0.1, 0.15) is 0 Å². The van der Waals surface area contributed by atoms with Crippen LogP contribution in [0.15, 0.2) is 30.3 Å². The van der Waals surface area contributed by atoms with Crippen molar-refractivity contribution in [2.75, 3.05) is 7.11 Å². The molecule has 3 atom stereocenters. The molecule has 5 heteroatoms. The molecular formula is C15H22N2O3. The van der Waals surface area contributed by atoms with Gasteiger partial charge in [-0.25, -0.2) is 4.79 Å². The fourth-order valence-corrected chi connectivity index (χ4v) is 1.79. The molecule has 0 aliphatic heterocycles. The van der Waals surface area contributed by atoms with E-state index in [-0.39, 0.29) is 11.8 Å². The Bertz CT molecular complexity index is 448. The van der Waals surface area contributed by atoms with Gasteiger partial charge < -0.3 is 15.8 Å². The monoisotopic (exact) mass is 278 g/mol. The number of carbonyl (C=O) groups is 2. The van der Waals surface area contributed by atoms with E-state index in [0.29, 0.717) is 5.56 Å². The number of nitrogens with one attached hydrogen (secondary N) is 1. The van der Waals surface area contributed by atoms with Crippen molar-refractivity contribution in [3.63, 3.8) is 0 Å². The van der Waals surface area contributed by atoms with Gasteiger partial charge >= 0.3 is 5.97 Å². The molecule has 0 radical (unpaired) electrons. The van der Waals surface area contributed by atoms with Crippen molar-refractivity contribution in [2.45, 2.75) is 32.4 Å².